The Bertz CT molecular complexity index is 723. The van der Waals surface area contributed by atoms with Crippen LogP contribution in [0.25, 0.3) is 22.4 Å². The van der Waals surface area contributed by atoms with E-state index < -0.39 is 0 Å². The van der Waals surface area contributed by atoms with E-state index in [9.17, 15) is 5.11 Å². The zero-order chi connectivity index (χ0) is 12.8. The molecule has 1 saturated carbocycles. The van der Waals surface area contributed by atoms with Gasteiger partial charge in [-0.1, -0.05) is 18.2 Å². The lowest BCUT2D eigenvalue weighted by molar-refractivity contribution is 0.476. The van der Waals surface area contributed by atoms with E-state index in [1.165, 1.54) is 18.4 Å². The quantitative estimate of drug-likeness (QED) is 0.726. The molecule has 1 heterocycles. The molecule has 1 fully saturated rings. The first-order valence-corrected chi connectivity index (χ1v) is 6.59. The maximum atomic E-state index is 10.2. The third-order valence-electron chi connectivity index (χ3n) is 3.72. The number of imidazole rings is 1. The maximum absolute atomic E-state index is 10.2. The SMILES string of the molecule is Oc1cc(C2CC2)ccc1-c1nc2ccccc2[nH]1. The number of H-pyrrole nitrogens is 1. The van der Waals surface area contributed by atoms with Gasteiger partial charge in [-0.05, 0) is 48.6 Å². The lowest BCUT2D eigenvalue weighted by atomic mass is 10.1. The number of aromatic amines is 1. The van der Waals surface area contributed by atoms with E-state index >= 15 is 0 Å². The summed E-state index contributed by atoms with van der Waals surface area (Å²) in [5.41, 5.74) is 3.91. The van der Waals surface area contributed by atoms with Crippen LogP contribution in [-0.4, -0.2) is 15.1 Å². The summed E-state index contributed by atoms with van der Waals surface area (Å²) in [6.07, 6.45) is 2.48. The molecule has 1 aromatic heterocycles. The summed E-state index contributed by atoms with van der Waals surface area (Å²) in [4.78, 5) is 7.76. The monoisotopic (exact) mass is 250 g/mol. The van der Waals surface area contributed by atoms with Gasteiger partial charge in [-0.15, -0.1) is 0 Å². The van der Waals surface area contributed by atoms with E-state index in [-0.39, 0.29) is 0 Å². The van der Waals surface area contributed by atoms with Crippen LogP contribution in [0.15, 0.2) is 42.5 Å². The molecule has 0 unspecified atom stereocenters. The second-order valence-electron chi connectivity index (χ2n) is 5.15. The van der Waals surface area contributed by atoms with Gasteiger partial charge in [0.15, 0.2) is 0 Å². The molecule has 0 radical (unpaired) electrons. The molecule has 1 aliphatic carbocycles. The zero-order valence-corrected chi connectivity index (χ0v) is 10.4. The van der Waals surface area contributed by atoms with Gasteiger partial charge in [0.2, 0.25) is 0 Å². The van der Waals surface area contributed by atoms with Gasteiger partial charge in [0.1, 0.15) is 11.6 Å². The zero-order valence-electron chi connectivity index (χ0n) is 10.4. The Morgan fingerprint density at radius 1 is 1.11 bits per heavy atom. The Morgan fingerprint density at radius 2 is 1.95 bits per heavy atom. The van der Waals surface area contributed by atoms with Gasteiger partial charge in [0, 0.05) is 0 Å². The predicted octanol–water partition coefficient (Wildman–Crippen LogP) is 3.81. The number of phenols is 1. The largest absolute Gasteiger partial charge is 0.507 e. The number of nitrogens with zero attached hydrogens (tertiary/aromatic N) is 1. The van der Waals surface area contributed by atoms with Crippen molar-refractivity contribution in [1.29, 1.82) is 0 Å². The van der Waals surface area contributed by atoms with Crippen LogP contribution in [0.5, 0.6) is 5.75 Å². The van der Waals surface area contributed by atoms with Crippen molar-refractivity contribution in [3.05, 3.63) is 48.0 Å². The highest BCUT2D eigenvalue weighted by Gasteiger charge is 2.24. The van der Waals surface area contributed by atoms with Gasteiger partial charge in [-0.25, -0.2) is 4.98 Å². The van der Waals surface area contributed by atoms with Crippen LogP contribution in [0, 0.1) is 0 Å². The van der Waals surface area contributed by atoms with Crippen molar-refractivity contribution in [2.24, 2.45) is 0 Å². The fraction of sp³-hybridized carbons (Fsp3) is 0.188. The Balaban J connectivity index is 1.82. The van der Waals surface area contributed by atoms with Crippen LogP contribution >= 0.6 is 0 Å². The highest BCUT2D eigenvalue weighted by atomic mass is 16.3. The molecule has 3 nitrogen and oxygen atoms in total. The van der Waals surface area contributed by atoms with Crippen LogP contribution in [0.1, 0.15) is 24.3 Å². The van der Waals surface area contributed by atoms with E-state index in [1.807, 2.05) is 36.4 Å². The first-order chi connectivity index (χ1) is 9.31. The standard InChI is InChI=1S/C16H14N2O/c19-15-9-11(10-5-6-10)7-8-12(15)16-17-13-3-1-2-4-14(13)18-16/h1-4,7-10,19H,5-6H2,(H,17,18). The molecule has 3 heteroatoms. The number of benzene rings is 2. The van der Waals surface area contributed by atoms with E-state index in [2.05, 4.69) is 16.0 Å². The predicted molar refractivity (Wildman–Crippen MR) is 75.2 cm³/mol. The molecule has 0 atom stereocenters. The Morgan fingerprint density at radius 3 is 2.68 bits per heavy atom. The molecular weight excluding hydrogens is 236 g/mol. The first kappa shape index (κ1) is 10.6. The molecule has 0 bridgehead atoms. The van der Waals surface area contributed by atoms with Crippen molar-refractivity contribution < 1.29 is 5.11 Å². The summed E-state index contributed by atoms with van der Waals surface area (Å²) in [6, 6.07) is 13.8. The van der Waals surface area contributed by atoms with E-state index in [0.29, 0.717) is 11.7 Å². The van der Waals surface area contributed by atoms with Gasteiger partial charge in [0.05, 0.1) is 16.6 Å². The molecule has 19 heavy (non-hydrogen) atoms. The minimum atomic E-state index is 0.309. The van der Waals surface area contributed by atoms with Crippen LogP contribution in [-0.2, 0) is 0 Å². The van der Waals surface area contributed by atoms with Gasteiger partial charge < -0.3 is 10.1 Å². The van der Waals surface area contributed by atoms with Crippen LogP contribution in [0.3, 0.4) is 0 Å². The molecule has 2 N–H and O–H groups in total. The fourth-order valence-electron chi connectivity index (χ4n) is 2.50. The smallest absolute Gasteiger partial charge is 0.142 e. The average molecular weight is 250 g/mol. The van der Waals surface area contributed by atoms with Gasteiger partial charge in [-0.3, -0.25) is 0 Å². The molecule has 1 aliphatic rings. The number of aromatic nitrogens is 2. The van der Waals surface area contributed by atoms with E-state index in [0.717, 1.165) is 22.4 Å². The molecule has 94 valence electrons. The summed E-state index contributed by atoms with van der Waals surface area (Å²) in [6.45, 7) is 0. The fourth-order valence-corrected chi connectivity index (χ4v) is 2.50. The number of rotatable bonds is 2. The summed E-state index contributed by atoms with van der Waals surface area (Å²) >= 11 is 0. The Labute approximate surface area is 110 Å². The lowest BCUT2D eigenvalue weighted by Crippen LogP contribution is -1.85. The Kier molecular flexibility index (Phi) is 2.15. The number of phenolic OH excluding ortho intramolecular Hbond substituents is 1. The number of nitrogens with one attached hydrogen (secondary N) is 1. The second kappa shape index (κ2) is 3.85. The van der Waals surface area contributed by atoms with Crippen molar-refractivity contribution in [3.8, 4) is 17.1 Å². The molecule has 4 rings (SSSR count). The van der Waals surface area contributed by atoms with Crippen LogP contribution < -0.4 is 0 Å². The minimum Gasteiger partial charge on any atom is -0.507 e. The molecule has 0 spiro atoms. The second-order valence-corrected chi connectivity index (χ2v) is 5.15. The van der Waals surface area contributed by atoms with Crippen LogP contribution in [0.4, 0.5) is 0 Å². The lowest BCUT2D eigenvalue weighted by Gasteiger charge is -2.04. The number of hydrogen-bond acceptors (Lipinski definition) is 2. The summed E-state index contributed by atoms with van der Waals surface area (Å²) in [5.74, 6) is 1.68. The summed E-state index contributed by atoms with van der Waals surface area (Å²) in [7, 11) is 0. The Hall–Kier alpha value is -2.29. The van der Waals surface area contributed by atoms with Crippen molar-refractivity contribution in [3.63, 3.8) is 0 Å². The van der Waals surface area contributed by atoms with Gasteiger partial charge in [-0.2, -0.15) is 0 Å². The van der Waals surface area contributed by atoms with E-state index in [1.54, 1.807) is 0 Å². The molecular formula is C16H14N2O. The number of hydrogen-bond donors (Lipinski definition) is 2. The van der Waals surface area contributed by atoms with Crippen molar-refractivity contribution in [2.75, 3.05) is 0 Å². The molecule has 0 saturated heterocycles. The highest BCUT2D eigenvalue weighted by Crippen LogP contribution is 2.42. The topological polar surface area (TPSA) is 48.9 Å². The van der Waals surface area contributed by atoms with Gasteiger partial charge >= 0.3 is 0 Å². The third kappa shape index (κ3) is 1.78. The first-order valence-electron chi connectivity index (χ1n) is 6.59. The minimum absolute atomic E-state index is 0.309. The summed E-state index contributed by atoms with van der Waals surface area (Å²) in [5, 5.41) is 10.2. The molecule has 0 amide bonds. The van der Waals surface area contributed by atoms with Crippen molar-refractivity contribution in [1.82, 2.24) is 9.97 Å². The summed E-state index contributed by atoms with van der Waals surface area (Å²) < 4.78 is 0. The van der Waals surface area contributed by atoms with Gasteiger partial charge in [0.25, 0.3) is 0 Å². The molecule has 2 aromatic carbocycles. The van der Waals surface area contributed by atoms with Crippen molar-refractivity contribution in [2.45, 2.75) is 18.8 Å². The third-order valence-corrected chi connectivity index (χ3v) is 3.72. The highest BCUT2D eigenvalue weighted by molar-refractivity contribution is 5.80. The number of para-hydroxylation sites is 2. The number of aromatic hydroxyl groups is 1. The van der Waals surface area contributed by atoms with E-state index in [4.69, 9.17) is 0 Å². The maximum Gasteiger partial charge on any atom is 0.142 e. The number of fused-ring (bicyclic) bond motifs is 1. The molecule has 0 aliphatic heterocycles. The molecule has 3 aromatic rings. The normalized spacial score (nSPS) is 14.9. The van der Waals surface area contributed by atoms with Crippen molar-refractivity contribution >= 4 is 11.0 Å². The van der Waals surface area contributed by atoms with Crippen LogP contribution in [0.2, 0.25) is 0 Å². The average Bonchev–Trinajstić information content (AvgIpc) is 3.18.